The summed E-state index contributed by atoms with van der Waals surface area (Å²) in [5.74, 6) is 3.73. The molecule has 10 rings (SSSR count). The Labute approximate surface area is 331 Å². The van der Waals surface area contributed by atoms with Crippen LogP contribution in [0.2, 0.25) is 0 Å². The van der Waals surface area contributed by atoms with Gasteiger partial charge in [0, 0.05) is 74.5 Å². The van der Waals surface area contributed by atoms with Crippen LogP contribution in [0.25, 0.3) is 0 Å². The molecule has 4 aromatic rings. The smallest absolute Gasteiger partial charge is 0.134 e. The molecule has 0 aliphatic carbocycles. The van der Waals surface area contributed by atoms with E-state index in [1.54, 1.807) is 0 Å². The summed E-state index contributed by atoms with van der Waals surface area (Å²) in [5, 5.41) is 6.47. The number of hydrogen-bond donors (Lipinski definition) is 3. The number of nitrogens with one attached hydrogen (secondary N) is 3. The van der Waals surface area contributed by atoms with Gasteiger partial charge < -0.3 is 58.9 Å². The second kappa shape index (κ2) is 16.7. The van der Waals surface area contributed by atoms with Crippen LogP contribution >= 0.6 is 0 Å². The lowest BCUT2D eigenvalue weighted by atomic mass is 10.2. The first kappa shape index (κ1) is 36.6. The number of anilines is 3. The zero-order chi connectivity index (χ0) is 38.0. The summed E-state index contributed by atoms with van der Waals surface area (Å²) in [5.41, 5.74) is 13.4. The largest absolute Gasteiger partial charge is 0.457 e. The van der Waals surface area contributed by atoms with Crippen molar-refractivity contribution in [2.45, 2.75) is 36.6 Å². The molecule has 0 amide bonds. The predicted molar refractivity (Wildman–Crippen MR) is 210 cm³/mol. The summed E-state index contributed by atoms with van der Waals surface area (Å²) in [4.78, 5) is 0. The molecule has 15 heteroatoms. The molecule has 6 heterocycles. The molecule has 0 saturated carbocycles. The number of hydrazine groups is 3. The van der Waals surface area contributed by atoms with Crippen molar-refractivity contribution in [3.8, 4) is 34.5 Å². The SMILES string of the molecule is c1cc(Oc2cc(Oc3ccc(NN(CC4CO4)CC4CO4)cc3)cc(Oc3ccc(NN(CC4CO4)CC4CO4)cc3)c2)ccc1NN(CC1CO1)CC1CO1. The highest BCUT2D eigenvalue weighted by molar-refractivity contribution is 5.52. The number of epoxide rings is 6. The lowest BCUT2D eigenvalue weighted by Crippen LogP contribution is -2.36. The van der Waals surface area contributed by atoms with Crippen LogP contribution in [0.3, 0.4) is 0 Å². The number of rotatable bonds is 24. The van der Waals surface area contributed by atoms with Crippen LogP contribution in [0, 0.1) is 0 Å². The molecule has 15 nitrogen and oxygen atoms in total. The Balaban J connectivity index is 0.826. The minimum Gasteiger partial charge on any atom is -0.457 e. The summed E-state index contributed by atoms with van der Waals surface area (Å²) < 4.78 is 52.0. The van der Waals surface area contributed by atoms with E-state index in [1.165, 1.54) is 0 Å². The second-order valence-corrected chi connectivity index (χ2v) is 15.3. The number of hydrogen-bond acceptors (Lipinski definition) is 15. The normalized spacial score (nSPS) is 24.9. The van der Waals surface area contributed by atoms with Gasteiger partial charge in [-0.3, -0.25) is 0 Å². The van der Waals surface area contributed by atoms with E-state index in [4.69, 9.17) is 42.6 Å². The van der Waals surface area contributed by atoms with Gasteiger partial charge in [0.05, 0.1) is 76.3 Å². The van der Waals surface area contributed by atoms with Crippen LogP contribution in [0.1, 0.15) is 0 Å². The Morgan fingerprint density at radius 3 is 0.754 bits per heavy atom. The summed E-state index contributed by atoms with van der Waals surface area (Å²) in [6.45, 7) is 9.63. The van der Waals surface area contributed by atoms with Crippen molar-refractivity contribution >= 4 is 17.1 Å². The highest BCUT2D eigenvalue weighted by Gasteiger charge is 2.33. The Hall–Kier alpha value is -4.68. The van der Waals surface area contributed by atoms with Gasteiger partial charge in [0.15, 0.2) is 0 Å². The summed E-state index contributed by atoms with van der Waals surface area (Å²) in [6.07, 6.45) is 1.61. The van der Waals surface area contributed by atoms with Crippen molar-refractivity contribution in [2.75, 3.05) is 95.2 Å². The van der Waals surface area contributed by atoms with Gasteiger partial charge in [-0.25, -0.2) is 15.0 Å². The predicted octanol–water partition coefficient (Wildman–Crippen LogP) is 5.34. The highest BCUT2D eigenvalue weighted by atomic mass is 16.6. The maximum Gasteiger partial charge on any atom is 0.134 e. The maximum absolute atomic E-state index is 6.40. The molecule has 6 atom stereocenters. The Morgan fingerprint density at radius 1 is 0.351 bits per heavy atom. The lowest BCUT2D eigenvalue weighted by Gasteiger charge is -2.23. The molecule has 6 aliphatic heterocycles. The van der Waals surface area contributed by atoms with E-state index >= 15 is 0 Å². The van der Waals surface area contributed by atoms with Gasteiger partial charge in [-0.05, 0) is 72.8 Å². The molecule has 6 unspecified atom stereocenters. The molecule has 6 fully saturated rings. The number of benzene rings is 4. The molecular weight excluding hydrogens is 732 g/mol. The third-order valence-electron chi connectivity index (χ3n) is 9.94. The summed E-state index contributed by atoms with van der Waals surface area (Å²) >= 11 is 0. The Morgan fingerprint density at radius 2 is 0.561 bits per heavy atom. The standard InChI is InChI=1S/C42H48N6O9/c1-7-31(8-2-28(1)43-46(16-37-22-49-37)17-38-23-50-38)55-34-13-35(56-32-9-3-29(4-10-32)44-47(18-39-24-51-39)19-40-25-52-40)15-36(14-34)57-33-11-5-30(6-12-33)45-48(20-41-26-53-41)21-42-27-54-42/h1-15,37-45H,16-27H2. The summed E-state index contributed by atoms with van der Waals surface area (Å²) in [6, 6.07) is 29.2. The molecule has 4 aromatic carbocycles. The Kier molecular flexibility index (Phi) is 10.7. The molecule has 0 aromatic heterocycles. The molecule has 6 saturated heterocycles. The first-order valence-corrected chi connectivity index (χ1v) is 19.8. The fraction of sp³-hybridized carbons (Fsp3) is 0.429. The fourth-order valence-electron chi connectivity index (χ4n) is 6.48. The number of ether oxygens (including phenoxy) is 9. The van der Waals surface area contributed by atoms with E-state index in [-0.39, 0.29) is 36.6 Å². The first-order chi connectivity index (χ1) is 28.0. The Bertz CT molecular complexity index is 1660. The van der Waals surface area contributed by atoms with Crippen molar-refractivity contribution in [1.82, 2.24) is 15.0 Å². The van der Waals surface area contributed by atoms with Crippen LogP contribution in [0.4, 0.5) is 17.1 Å². The van der Waals surface area contributed by atoms with Gasteiger partial charge >= 0.3 is 0 Å². The van der Waals surface area contributed by atoms with Crippen LogP contribution in [0.5, 0.6) is 34.5 Å². The van der Waals surface area contributed by atoms with Gasteiger partial charge in [0.25, 0.3) is 0 Å². The monoisotopic (exact) mass is 780 g/mol. The quantitative estimate of drug-likeness (QED) is 0.0620. The van der Waals surface area contributed by atoms with Crippen molar-refractivity contribution in [2.24, 2.45) is 0 Å². The van der Waals surface area contributed by atoms with E-state index in [0.717, 1.165) is 96.0 Å². The second-order valence-electron chi connectivity index (χ2n) is 15.3. The van der Waals surface area contributed by atoms with Crippen LogP contribution in [-0.2, 0) is 28.4 Å². The van der Waals surface area contributed by atoms with Gasteiger partial charge in [-0.1, -0.05) is 0 Å². The average molecular weight is 781 g/mol. The van der Waals surface area contributed by atoms with E-state index in [0.29, 0.717) is 34.5 Å². The zero-order valence-corrected chi connectivity index (χ0v) is 31.6. The van der Waals surface area contributed by atoms with Gasteiger partial charge in [-0.15, -0.1) is 0 Å². The number of nitrogens with zero attached hydrogens (tertiary/aromatic N) is 3. The van der Waals surface area contributed by atoms with E-state index in [9.17, 15) is 0 Å². The maximum atomic E-state index is 6.40. The van der Waals surface area contributed by atoms with Gasteiger partial charge in [-0.2, -0.15) is 0 Å². The van der Waals surface area contributed by atoms with Crippen molar-refractivity contribution in [3.63, 3.8) is 0 Å². The van der Waals surface area contributed by atoms with Gasteiger partial charge in [0.2, 0.25) is 0 Å². The summed E-state index contributed by atoms with van der Waals surface area (Å²) in [7, 11) is 0. The van der Waals surface area contributed by atoms with Crippen molar-refractivity contribution in [3.05, 3.63) is 91.0 Å². The molecule has 0 spiro atoms. The lowest BCUT2D eigenvalue weighted by molar-refractivity contribution is 0.253. The van der Waals surface area contributed by atoms with E-state index in [2.05, 4.69) is 31.3 Å². The minimum atomic E-state index is 0.268. The molecule has 0 bridgehead atoms. The molecule has 3 N–H and O–H groups in total. The van der Waals surface area contributed by atoms with Crippen molar-refractivity contribution in [1.29, 1.82) is 0 Å². The highest BCUT2D eigenvalue weighted by Crippen LogP contribution is 2.36. The van der Waals surface area contributed by atoms with E-state index in [1.807, 2.05) is 91.0 Å². The molecule has 6 aliphatic rings. The van der Waals surface area contributed by atoms with E-state index < -0.39 is 0 Å². The molecule has 300 valence electrons. The van der Waals surface area contributed by atoms with Crippen molar-refractivity contribution < 1.29 is 42.6 Å². The third kappa shape index (κ3) is 11.7. The average Bonchev–Trinajstić information content (AvgIpc) is 3.96. The zero-order valence-electron chi connectivity index (χ0n) is 31.6. The molecule has 0 radical (unpaired) electrons. The van der Waals surface area contributed by atoms with Gasteiger partial charge in [0.1, 0.15) is 34.5 Å². The van der Waals surface area contributed by atoms with Crippen LogP contribution in [-0.4, -0.2) is 131 Å². The van der Waals surface area contributed by atoms with Crippen LogP contribution in [0.15, 0.2) is 91.0 Å². The van der Waals surface area contributed by atoms with Crippen LogP contribution < -0.4 is 30.5 Å². The molecular formula is C42H48N6O9. The molecule has 57 heavy (non-hydrogen) atoms. The first-order valence-electron chi connectivity index (χ1n) is 19.8. The fourth-order valence-corrected chi connectivity index (χ4v) is 6.48. The third-order valence-corrected chi connectivity index (χ3v) is 9.94. The minimum absolute atomic E-state index is 0.268. The topological polar surface area (TPSA) is 149 Å².